The molecule has 1 saturated heterocycles. The Labute approximate surface area is 208 Å². The van der Waals surface area contributed by atoms with Crippen LogP contribution in [0.3, 0.4) is 0 Å². The lowest BCUT2D eigenvalue weighted by Gasteiger charge is -2.31. The Morgan fingerprint density at radius 2 is 1.83 bits per heavy atom. The molecule has 2 fully saturated rings. The molecule has 2 aliphatic heterocycles. The summed E-state index contributed by atoms with van der Waals surface area (Å²) in [6.45, 7) is 4.59. The number of hydrogen-bond donors (Lipinski definition) is 0. The van der Waals surface area contributed by atoms with Crippen LogP contribution in [-0.2, 0) is 17.8 Å². The molecule has 0 spiro atoms. The van der Waals surface area contributed by atoms with Gasteiger partial charge in [0.25, 0.3) is 0 Å². The maximum Gasteiger partial charge on any atom is 0.316 e. The predicted molar refractivity (Wildman–Crippen MR) is 139 cm³/mol. The third kappa shape index (κ3) is 4.56. The van der Waals surface area contributed by atoms with Crippen LogP contribution in [0.4, 0.5) is 0 Å². The fourth-order valence-electron chi connectivity index (χ4n) is 6.44. The summed E-state index contributed by atoms with van der Waals surface area (Å²) in [7, 11) is 2.19. The number of fused-ring (bicyclic) bond motifs is 2. The molecule has 184 valence electrons. The molecule has 6 rings (SSSR count). The molecule has 1 saturated carbocycles. The van der Waals surface area contributed by atoms with Crippen LogP contribution in [0.2, 0.25) is 0 Å². The monoisotopic (exact) mass is 471 g/mol. The molecule has 0 N–H and O–H groups in total. The molecule has 0 amide bonds. The van der Waals surface area contributed by atoms with Gasteiger partial charge in [0.15, 0.2) is 0 Å². The Kier molecular flexibility index (Phi) is 6.46. The zero-order valence-corrected chi connectivity index (χ0v) is 21.1. The maximum atomic E-state index is 6.55. The average Bonchev–Trinajstić information content (AvgIpc) is 3.31. The molecule has 5 nitrogen and oxygen atoms in total. The molecule has 3 aliphatic rings. The van der Waals surface area contributed by atoms with Crippen LogP contribution in [0.25, 0.3) is 10.8 Å². The topological polar surface area (TPSA) is 47.5 Å². The molecule has 1 unspecified atom stereocenters. The van der Waals surface area contributed by atoms with Crippen molar-refractivity contribution in [3.8, 4) is 6.01 Å². The van der Waals surface area contributed by atoms with Crippen LogP contribution in [-0.4, -0.2) is 41.1 Å². The summed E-state index contributed by atoms with van der Waals surface area (Å²) in [6.07, 6.45) is 9.51. The van der Waals surface area contributed by atoms with Crippen molar-refractivity contribution in [3.05, 3.63) is 64.5 Å². The zero-order valence-electron chi connectivity index (χ0n) is 21.1. The first-order valence-electron chi connectivity index (χ1n) is 13.5. The highest BCUT2D eigenvalue weighted by Gasteiger charge is 2.31. The van der Waals surface area contributed by atoms with Crippen molar-refractivity contribution >= 4 is 10.8 Å². The molecule has 0 bridgehead atoms. The average molecular weight is 472 g/mol. The van der Waals surface area contributed by atoms with E-state index in [0.29, 0.717) is 31.2 Å². The fourth-order valence-corrected chi connectivity index (χ4v) is 6.44. The predicted octanol–water partition coefficient (Wildman–Crippen LogP) is 6.27. The number of aromatic nitrogens is 2. The van der Waals surface area contributed by atoms with Crippen LogP contribution in [0, 0.1) is 6.92 Å². The van der Waals surface area contributed by atoms with Gasteiger partial charge in [-0.05, 0) is 68.1 Å². The van der Waals surface area contributed by atoms with Crippen molar-refractivity contribution in [3.63, 3.8) is 0 Å². The number of aryl methyl sites for hydroxylation is 1. The Hall–Kier alpha value is -2.50. The summed E-state index contributed by atoms with van der Waals surface area (Å²) in [4.78, 5) is 12.4. The number of likely N-dealkylation sites (N-methyl/N-ethyl adjacent to an activating group) is 1. The van der Waals surface area contributed by atoms with E-state index in [0.717, 1.165) is 18.7 Å². The molecule has 1 aliphatic carbocycles. The number of hydrogen-bond acceptors (Lipinski definition) is 5. The van der Waals surface area contributed by atoms with Gasteiger partial charge in [0.05, 0.1) is 24.1 Å². The highest BCUT2D eigenvalue weighted by molar-refractivity contribution is 5.89. The van der Waals surface area contributed by atoms with Gasteiger partial charge < -0.3 is 14.4 Å². The molecule has 3 heterocycles. The second kappa shape index (κ2) is 9.87. The molecule has 3 aromatic rings. The lowest BCUT2D eigenvalue weighted by molar-refractivity contribution is 0.0252. The van der Waals surface area contributed by atoms with E-state index in [-0.39, 0.29) is 6.10 Å². The largest absolute Gasteiger partial charge is 0.462 e. The van der Waals surface area contributed by atoms with Gasteiger partial charge in [-0.1, -0.05) is 55.7 Å². The Balaban J connectivity index is 1.33. The summed E-state index contributed by atoms with van der Waals surface area (Å²) in [5.41, 5.74) is 6.09. The van der Waals surface area contributed by atoms with Gasteiger partial charge in [0, 0.05) is 23.9 Å². The van der Waals surface area contributed by atoms with Crippen molar-refractivity contribution in [2.24, 2.45) is 0 Å². The van der Waals surface area contributed by atoms with Gasteiger partial charge >= 0.3 is 6.01 Å². The first kappa shape index (κ1) is 22.9. The molecular weight excluding hydrogens is 434 g/mol. The fraction of sp³-hybridized carbons (Fsp3) is 0.533. The van der Waals surface area contributed by atoms with E-state index >= 15 is 0 Å². The van der Waals surface area contributed by atoms with Gasteiger partial charge in [-0.15, -0.1) is 0 Å². The summed E-state index contributed by atoms with van der Waals surface area (Å²) >= 11 is 0. The maximum absolute atomic E-state index is 6.55. The van der Waals surface area contributed by atoms with E-state index in [4.69, 9.17) is 19.4 Å². The standard InChI is InChI=1S/C30H37N3O2/c1-20-9-6-12-21-13-7-15-24(28(20)21)27-17-26-25(19-34-27)29(22-10-4-3-5-11-22)32-30(31-26)35-18-23-14-8-16-33(23)2/h6-7,9,12-13,15,22-23,27H,3-5,8,10-11,14,16-19H2,1-2H3/t23-,27?/m0/s1. The third-order valence-electron chi connectivity index (χ3n) is 8.47. The van der Waals surface area contributed by atoms with Crippen molar-refractivity contribution in [2.75, 3.05) is 20.2 Å². The minimum atomic E-state index is -0.00442. The molecule has 35 heavy (non-hydrogen) atoms. The number of rotatable bonds is 5. The summed E-state index contributed by atoms with van der Waals surface area (Å²) in [5.74, 6) is 0.497. The summed E-state index contributed by atoms with van der Waals surface area (Å²) in [5, 5.41) is 2.58. The third-order valence-corrected chi connectivity index (χ3v) is 8.47. The highest BCUT2D eigenvalue weighted by Crippen LogP contribution is 2.40. The van der Waals surface area contributed by atoms with E-state index in [2.05, 4.69) is 55.3 Å². The highest BCUT2D eigenvalue weighted by atomic mass is 16.5. The van der Waals surface area contributed by atoms with Crippen molar-refractivity contribution in [1.82, 2.24) is 14.9 Å². The van der Waals surface area contributed by atoms with Gasteiger partial charge in [0.2, 0.25) is 0 Å². The van der Waals surface area contributed by atoms with E-state index in [1.807, 2.05) is 0 Å². The van der Waals surface area contributed by atoms with Gasteiger partial charge in [-0.3, -0.25) is 0 Å². The Bertz CT molecular complexity index is 1200. The van der Waals surface area contributed by atoms with E-state index in [1.165, 1.54) is 78.1 Å². The number of nitrogens with zero attached hydrogens (tertiary/aromatic N) is 3. The molecular formula is C30H37N3O2. The van der Waals surface area contributed by atoms with E-state index in [9.17, 15) is 0 Å². The SMILES string of the molecule is Cc1cccc2cccc(C3Cc4nc(OC[C@@H]5CCCN5C)nc(C5CCCCC5)c4CO3)c12. The van der Waals surface area contributed by atoms with Crippen LogP contribution in [0.1, 0.15) is 85.0 Å². The van der Waals surface area contributed by atoms with Crippen LogP contribution < -0.4 is 4.74 Å². The van der Waals surface area contributed by atoms with E-state index in [1.54, 1.807) is 0 Å². The summed E-state index contributed by atoms with van der Waals surface area (Å²) in [6, 6.07) is 14.1. The smallest absolute Gasteiger partial charge is 0.316 e. The quantitative estimate of drug-likeness (QED) is 0.439. The number of ether oxygens (including phenoxy) is 2. The van der Waals surface area contributed by atoms with Crippen LogP contribution >= 0.6 is 0 Å². The second-order valence-electron chi connectivity index (χ2n) is 10.8. The molecule has 1 aromatic heterocycles. The van der Waals surface area contributed by atoms with Gasteiger partial charge in [0.1, 0.15) is 6.61 Å². The zero-order chi connectivity index (χ0) is 23.8. The van der Waals surface area contributed by atoms with Crippen LogP contribution in [0.15, 0.2) is 36.4 Å². The molecule has 0 radical (unpaired) electrons. The van der Waals surface area contributed by atoms with Crippen molar-refractivity contribution in [2.45, 2.75) is 83.0 Å². The Morgan fingerprint density at radius 3 is 2.63 bits per heavy atom. The Morgan fingerprint density at radius 1 is 1.00 bits per heavy atom. The minimum absolute atomic E-state index is 0.00442. The minimum Gasteiger partial charge on any atom is -0.462 e. The second-order valence-corrected chi connectivity index (χ2v) is 10.8. The van der Waals surface area contributed by atoms with Gasteiger partial charge in [-0.2, -0.15) is 9.97 Å². The lowest BCUT2D eigenvalue weighted by atomic mass is 9.83. The van der Waals surface area contributed by atoms with E-state index < -0.39 is 0 Å². The first-order chi connectivity index (χ1) is 17.2. The molecule has 2 atom stereocenters. The molecule has 5 heteroatoms. The molecule has 2 aromatic carbocycles. The van der Waals surface area contributed by atoms with Gasteiger partial charge in [-0.25, -0.2) is 0 Å². The van der Waals surface area contributed by atoms with Crippen LogP contribution in [0.5, 0.6) is 6.01 Å². The van der Waals surface area contributed by atoms with Crippen molar-refractivity contribution in [1.29, 1.82) is 0 Å². The first-order valence-corrected chi connectivity index (χ1v) is 13.5. The number of likely N-dealkylation sites (tertiary alicyclic amines) is 1. The normalized spacial score (nSPS) is 23.5. The number of benzene rings is 2. The lowest BCUT2D eigenvalue weighted by Crippen LogP contribution is -2.31. The summed E-state index contributed by atoms with van der Waals surface area (Å²) < 4.78 is 12.8. The van der Waals surface area contributed by atoms with Crippen molar-refractivity contribution < 1.29 is 9.47 Å².